The van der Waals surface area contributed by atoms with Crippen molar-refractivity contribution in [1.29, 1.82) is 0 Å². The van der Waals surface area contributed by atoms with Crippen molar-refractivity contribution in [2.24, 2.45) is 11.8 Å². The third-order valence-corrected chi connectivity index (χ3v) is 4.71. The van der Waals surface area contributed by atoms with Gasteiger partial charge < -0.3 is 5.32 Å². The predicted molar refractivity (Wildman–Crippen MR) is 79.0 cm³/mol. The van der Waals surface area contributed by atoms with Crippen LogP contribution in [0.2, 0.25) is 5.02 Å². The third-order valence-electron chi connectivity index (χ3n) is 4.45. The molecule has 18 heavy (non-hydrogen) atoms. The minimum atomic E-state index is 0.410. The van der Waals surface area contributed by atoms with Crippen LogP contribution >= 0.6 is 11.6 Å². The van der Waals surface area contributed by atoms with Gasteiger partial charge in [-0.3, -0.25) is 0 Å². The molecule has 0 bridgehead atoms. The number of rotatable bonds is 3. The summed E-state index contributed by atoms with van der Waals surface area (Å²) in [6.07, 6.45) is 3.97. The number of halogens is 1. The first kappa shape index (κ1) is 13.9. The van der Waals surface area contributed by atoms with Gasteiger partial charge in [-0.25, -0.2) is 0 Å². The molecule has 1 aliphatic carbocycles. The quantitative estimate of drug-likeness (QED) is 0.827. The number of hydrogen-bond donors (Lipinski definition) is 1. The molecule has 1 saturated carbocycles. The maximum atomic E-state index is 5.92. The van der Waals surface area contributed by atoms with Crippen molar-refractivity contribution in [3.05, 3.63) is 34.9 Å². The highest BCUT2D eigenvalue weighted by Crippen LogP contribution is 2.30. The molecule has 3 unspecified atom stereocenters. The van der Waals surface area contributed by atoms with E-state index < -0.39 is 0 Å². The van der Waals surface area contributed by atoms with Crippen LogP contribution in [0, 0.1) is 11.8 Å². The summed E-state index contributed by atoms with van der Waals surface area (Å²) in [5.74, 6) is 1.72. The summed E-state index contributed by atoms with van der Waals surface area (Å²) in [6, 6.07) is 9.26. The second-order valence-electron chi connectivity index (χ2n) is 5.90. The van der Waals surface area contributed by atoms with Crippen molar-refractivity contribution in [3.63, 3.8) is 0 Å². The molecule has 1 aromatic rings. The fourth-order valence-corrected chi connectivity index (χ4v) is 3.03. The van der Waals surface area contributed by atoms with Crippen LogP contribution in [0.15, 0.2) is 24.3 Å². The van der Waals surface area contributed by atoms with Crippen molar-refractivity contribution in [1.82, 2.24) is 5.32 Å². The fourth-order valence-electron chi connectivity index (χ4n) is 2.90. The van der Waals surface area contributed by atoms with E-state index in [2.05, 4.69) is 38.2 Å². The topological polar surface area (TPSA) is 12.0 Å². The molecule has 0 heterocycles. The fraction of sp³-hybridized carbons (Fsp3) is 0.625. The zero-order chi connectivity index (χ0) is 13.1. The summed E-state index contributed by atoms with van der Waals surface area (Å²) in [7, 11) is 0. The van der Waals surface area contributed by atoms with E-state index in [0.29, 0.717) is 12.1 Å². The summed E-state index contributed by atoms with van der Waals surface area (Å²) < 4.78 is 0. The minimum Gasteiger partial charge on any atom is -0.307 e. The monoisotopic (exact) mass is 265 g/mol. The smallest absolute Gasteiger partial charge is 0.0406 e. The first-order valence-corrected chi connectivity index (χ1v) is 7.45. The highest BCUT2D eigenvalue weighted by molar-refractivity contribution is 6.30. The SMILES string of the molecule is CC1CCC(N[C@@H](C)c2ccc(Cl)cc2)CC1C. The van der Waals surface area contributed by atoms with Gasteiger partial charge in [0.2, 0.25) is 0 Å². The Morgan fingerprint density at radius 2 is 1.78 bits per heavy atom. The van der Waals surface area contributed by atoms with E-state index in [9.17, 15) is 0 Å². The van der Waals surface area contributed by atoms with Gasteiger partial charge in [0.05, 0.1) is 0 Å². The molecule has 1 aliphatic rings. The standard InChI is InChI=1S/C16H24ClN/c1-11-4-9-16(10-12(11)2)18-13(3)14-5-7-15(17)8-6-14/h5-8,11-13,16,18H,4,9-10H2,1-3H3/t11?,12?,13-,16?/m0/s1. The van der Waals surface area contributed by atoms with E-state index in [1.54, 1.807) is 0 Å². The second kappa shape index (κ2) is 6.08. The average molecular weight is 266 g/mol. The Morgan fingerprint density at radius 3 is 2.39 bits per heavy atom. The van der Waals surface area contributed by atoms with Crippen LogP contribution in [0.3, 0.4) is 0 Å². The molecular formula is C16H24ClN. The minimum absolute atomic E-state index is 0.410. The number of benzene rings is 1. The molecule has 0 spiro atoms. The molecule has 2 rings (SSSR count). The molecule has 100 valence electrons. The second-order valence-corrected chi connectivity index (χ2v) is 6.34. The van der Waals surface area contributed by atoms with Crippen LogP contribution in [-0.4, -0.2) is 6.04 Å². The number of hydrogen-bond acceptors (Lipinski definition) is 1. The van der Waals surface area contributed by atoms with E-state index >= 15 is 0 Å². The van der Waals surface area contributed by atoms with E-state index in [1.807, 2.05) is 12.1 Å². The van der Waals surface area contributed by atoms with Crippen LogP contribution in [0.25, 0.3) is 0 Å². The molecule has 4 atom stereocenters. The largest absolute Gasteiger partial charge is 0.307 e. The van der Waals surface area contributed by atoms with Crippen LogP contribution in [0.4, 0.5) is 0 Å². The van der Waals surface area contributed by atoms with Gasteiger partial charge in [-0.1, -0.05) is 37.6 Å². The molecule has 1 N–H and O–H groups in total. The molecule has 2 heteroatoms. The van der Waals surface area contributed by atoms with Crippen molar-refractivity contribution in [3.8, 4) is 0 Å². The van der Waals surface area contributed by atoms with Crippen molar-refractivity contribution in [2.45, 2.75) is 52.1 Å². The van der Waals surface area contributed by atoms with E-state index in [0.717, 1.165) is 16.9 Å². The number of nitrogens with one attached hydrogen (secondary N) is 1. The van der Waals surface area contributed by atoms with Crippen molar-refractivity contribution < 1.29 is 0 Å². The molecule has 0 amide bonds. The van der Waals surface area contributed by atoms with Gasteiger partial charge in [-0.2, -0.15) is 0 Å². The van der Waals surface area contributed by atoms with Gasteiger partial charge in [0.25, 0.3) is 0 Å². The van der Waals surface area contributed by atoms with Crippen LogP contribution < -0.4 is 5.32 Å². The van der Waals surface area contributed by atoms with Gasteiger partial charge in [0.1, 0.15) is 0 Å². The molecule has 0 radical (unpaired) electrons. The molecule has 0 saturated heterocycles. The highest BCUT2D eigenvalue weighted by Gasteiger charge is 2.25. The van der Waals surface area contributed by atoms with Crippen LogP contribution in [-0.2, 0) is 0 Å². The zero-order valence-electron chi connectivity index (χ0n) is 11.6. The van der Waals surface area contributed by atoms with Gasteiger partial charge in [-0.15, -0.1) is 0 Å². The van der Waals surface area contributed by atoms with E-state index in [1.165, 1.54) is 24.8 Å². The van der Waals surface area contributed by atoms with Crippen LogP contribution in [0.1, 0.15) is 51.6 Å². The van der Waals surface area contributed by atoms with Crippen molar-refractivity contribution >= 4 is 11.6 Å². The lowest BCUT2D eigenvalue weighted by atomic mass is 9.79. The normalized spacial score (nSPS) is 30.1. The summed E-state index contributed by atoms with van der Waals surface area (Å²) in [5, 5.41) is 4.57. The van der Waals surface area contributed by atoms with Gasteiger partial charge in [0, 0.05) is 17.1 Å². The van der Waals surface area contributed by atoms with Crippen molar-refractivity contribution in [2.75, 3.05) is 0 Å². The Kier molecular flexibility index (Phi) is 4.69. The molecule has 1 fully saturated rings. The first-order valence-electron chi connectivity index (χ1n) is 7.07. The Hall–Kier alpha value is -0.530. The maximum absolute atomic E-state index is 5.92. The maximum Gasteiger partial charge on any atom is 0.0406 e. The summed E-state index contributed by atoms with van der Waals surface area (Å²) in [5.41, 5.74) is 1.32. The highest BCUT2D eigenvalue weighted by atomic mass is 35.5. The lowest BCUT2D eigenvalue weighted by Gasteiger charge is -2.34. The predicted octanol–water partition coefficient (Wildman–Crippen LogP) is 4.82. The lowest BCUT2D eigenvalue weighted by molar-refractivity contribution is 0.217. The zero-order valence-corrected chi connectivity index (χ0v) is 12.4. The Morgan fingerprint density at radius 1 is 1.11 bits per heavy atom. The third kappa shape index (κ3) is 3.49. The Labute approximate surface area is 116 Å². The summed E-state index contributed by atoms with van der Waals surface area (Å²) in [6.45, 7) is 7.00. The Balaban J connectivity index is 1.91. The van der Waals surface area contributed by atoms with E-state index in [4.69, 9.17) is 11.6 Å². The first-order chi connectivity index (χ1) is 8.56. The average Bonchev–Trinajstić information content (AvgIpc) is 2.34. The van der Waals surface area contributed by atoms with Gasteiger partial charge in [0.15, 0.2) is 0 Å². The van der Waals surface area contributed by atoms with Gasteiger partial charge >= 0.3 is 0 Å². The molecular weight excluding hydrogens is 242 g/mol. The van der Waals surface area contributed by atoms with Gasteiger partial charge in [-0.05, 0) is 55.7 Å². The Bertz CT molecular complexity index is 373. The summed E-state index contributed by atoms with van der Waals surface area (Å²) in [4.78, 5) is 0. The summed E-state index contributed by atoms with van der Waals surface area (Å²) >= 11 is 5.92. The lowest BCUT2D eigenvalue weighted by Crippen LogP contribution is -2.37. The molecule has 0 aliphatic heterocycles. The molecule has 1 aromatic carbocycles. The van der Waals surface area contributed by atoms with E-state index in [-0.39, 0.29) is 0 Å². The molecule has 1 nitrogen and oxygen atoms in total. The molecule has 0 aromatic heterocycles. The van der Waals surface area contributed by atoms with Crippen LogP contribution in [0.5, 0.6) is 0 Å².